The van der Waals surface area contributed by atoms with Gasteiger partial charge in [0.15, 0.2) is 0 Å². The van der Waals surface area contributed by atoms with Crippen LogP contribution in [-0.4, -0.2) is 69.8 Å². The molecule has 0 spiro atoms. The number of hydrogen-bond acceptors (Lipinski definition) is 5. The van der Waals surface area contributed by atoms with Gasteiger partial charge in [-0.3, -0.25) is 9.36 Å². The van der Waals surface area contributed by atoms with E-state index in [9.17, 15) is 0 Å². The Hall–Kier alpha value is -1.70. The largest absolute Gasteiger partial charge is 0.314 e. The molecule has 1 fully saturated rings. The van der Waals surface area contributed by atoms with Crippen LogP contribution in [0, 0.1) is 0 Å². The summed E-state index contributed by atoms with van der Waals surface area (Å²) in [6.07, 6.45) is 7.78. The van der Waals surface area contributed by atoms with Crippen molar-refractivity contribution < 1.29 is 0 Å². The predicted octanol–water partition coefficient (Wildman–Crippen LogP) is 0.764. The quantitative estimate of drug-likeness (QED) is 0.866. The second kappa shape index (κ2) is 7.92. The highest BCUT2D eigenvalue weighted by molar-refractivity contribution is 4.93. The van der Waals surface area contributed by atoms with Crippen LogP contribution in [-0.2, 0) is 0 Å². The van der Waals surface area contributed by atoms with Crippen LogP contribution < -0.4 is 10.6 Å². The second-order valence-corrected chi connectivity index (χ2v) is 6.80. The molecule has 2 N–H and O–H groups in total. The van der Waals surface area contributed by atoms with Crippen LogP contribution >= 0.6 is 0 Å². The van der Waals surface area contributed by atoms with Gasteiger partial charge < -0.3 is 15.5 Å². The average molecular weight is 331 g/mol. The molecule has 3 rings (SSSR count). The fourth-order valence-electron chi connectivity index (χ4n) is 3.35. The van der Waals surface area contributed by atoms with Crippen LogP contribution in [0.1, 0.15) is 25.9 Å². The lowest BCUT2D eigenvalue weighted by molar-refractivity contribution is 0.221. The third kappa shape index (κ3) is 4.03. The standard InChI is InChI=1S/C17H29N7/c1-14(23-9-4-6-19-23)16-12-18-8-11-22(3)13-17(21-16)15(2)24-10-5-7-20-24/h4-7,9-10,14-18,21H,8,11-13H2,1-3H3. The number of hydrogen-bond donors (Lipinski definition) is 2. The topological polar surface area (TPSA) is 62.9 Å². The van der Waals surface area contributed by atoms with E-state index in [1.165, 1.54) is 0 Å². The highest BCUT2D eigenvalue weighted by Crippen LogP contribution is 2.16. The van der Waals surface area contributed by atoms with Crippen molar-refractivity contribution in [3.05, 3.63) is 36.9 Å². The van der Waals surface area contributed by atoms with Crippen LogP contribution in [0.25, 0.3) is 0 Å². The smallest absolute Gasteiger partial charge is 0.0656 e. The van der Waals surface area contributed by atoms with Gasteiger partial charge >= 0.3 is 0 Å². The van der Waals surface area contributed by atoms with Crippen LogP contribution in [0.5, 0.6) is 0 Å². The maximum Gasteiger partial charge on any atom is 0.0656 e. The van der Waals surface area contributed by atoms with E-state index in [0.717, 1.165) is 26.2 Å². The predicted molar refractivity (Wildman–Crippen MR) is 95.0 cm³/mol. The Morgan fingerprint density at radius 3 is 2.21 bits per heavy atom. The molecule has 132 valence electrons. The van der Waals surface area contributed by atoms with E-state index in [-0.39, 0.29) is 12.1 Å². The van der Waals surface area contributed by atoms with Crippen molar-refractivity contribution in [3.8, 4) is 0 Å². The zero-order valence-electron chi connectivity index (χ0n) is 14.8. The van der Waals surface area contributed by atoms with Crippen molar-refractivity contribution >= 4 is 0 Å². The Balaban J connectivity index is 1.78. The van der Waals surface area contributed by atoms with Crippen molar-refractivity contribution in [2.75, 3.05) is 33.2 Å². The minimum Gasteiger partial charge on any atom is -0.314 e. The monoisotopic (exact) mass is 331 g/mol. The van der Waals surface area contributed by atoms with Crippen molar-refractivity contribution in [3.63, 3.8) is 0 Å². The second-order valence-electron chi connectivity index (χ2n) is 6.80. The fraction of sp³-hybridized carbons (Fsp3) is 0.647. The number of nitrogens with zero attached hydrogens (tertiary/aromatic N) is 5. The van der Waals surface area contributed by atoms with Gasteiger partial charge in [-0.25, -0.2) is 0 Å². The molecule has 0 saturated carbocycles. The molecule has 0 aliphatic carbocycles. The van der Waals surface area contributed by atoms with Crippen LogP contribution in [0.2, 0.25) is 0 Å². The maximum atomic E-state index is 4.44. The number of rotatable bonds is 4. The first-order valence-corrected chi connectivity index (χ1v) is 8.78. The fourth-order valence-corrected chi connectivity index (χ4v) is 3.35. The summed E-state index contributed by atoms with van der Waals surface area (Å²) >= 11 is 0. The summed E-state index contributed by atoms with van der Waals surface area (Å²) in [5, 5.41) is 16.3. The molecule has 4 atom stereocenters. The average Bonchev–Trinajstić information content (AvgIpc) is 3.28. The normalized spacial score (nSPS) is 26.3. The zero-order valence-corrected chi connectivity index (χ0v) is 14.8. The summed E-state index contributed by atoms with van der Waals surface area (Å²) in [5.74, 6) is 0. The molecule has 1 aliphatic rings. The third-order valence-corrected chi connectivity index (χ3v) is 5.02. The summed E-state index contributed by atoms with van der Waals surface area (Å²) in [5.41, 5.74) is 0. The van der Waals surface area contributed by atoms with Crippen molar-refractivity contribution in [1.82, 2.24) is 35.1 Å². The SMILES string of the molecule is CC(C1CNCCN(C)CC(C(C)n2cccn2)N1)n1cccn1. The van der Waals surface area contributed by atoms with Crippen molar-refractivity contribution in [2.24, 2.45) is 0 Å². The van der Waals surface area contributed by atoms with E-state index in [0.29, 0.717) is 12.1 Å². The highest BCUT2D eigenvalue weighted by Gasteiger charge is 2.28. The van der Waals surface area contributed by atoms with Crippen LogP contribution in [0.3, 0.4) is 0 Å². The van der Waals surface area contributed by atoms with Crippen molar-refractivity contribution in [2.45, 2.75) is 38.0 Å². The Labute approximate surface area is 144 Å². The van der Waals surface area contributed by atoms with E-state index in [4.69, 9.17) is 0 Å². The molecule has 7 heteroatoms. The Morgan fingerprint density at radius 2 is 1.62 bits per heavy atom. The summed E-state index contributed by atoms with van der Waals surface area (Å²) in [6, 6.07) is 5.16. The first kappa shape index (κ1) is 17.1. The lowest BCUT2D eigenvalue weighted by atomic mass is 10.0. The van der Waals surface area contributed by atoms with Gasteiger partial charge in [0, 0.05) is 63.1 Å². The Morgan fingerprint density at radius 1 is 1.00 bits per heavy atom. The lowest BCUT2D eigenvalue weighted by Gasteiger charge is -2.34. The van der Waals surface area contributed by atoms with Crippen LogP contribution in [0.15, 0.2) is 36.9 Å². The zero-order chi connectivity index (χ0) is 16.9. The van der Waals surface area contributed by atoms with Gasteiger partial charge in [0.25, 0.3) is 0 Å². The summed E-state index contributed by atoms with van der Waals surface area (Å²) < 4.78 is 4.09. The van der Waals surface area contributed by atoms with Crippen molar-refractivity contribution in [1.29, 1.82) is 0 Å². The molecule has 2 aromatic rings. The summed E-state index contributed by atoms with van der Waals surface area (Å²) in [7, 11) is 2.18. The number of nitrogens with one attached hydrogen (secondary N) is 2. The molecule has 1 aliphatic heterocycles. The van der Waals surface area contributed by atoms with E-state index < -0.39 is 0 Å². The Bertz CT molecular complexity index is 580. The van der Waals surface area contributed by atoms with Gasteiger partial charge in [-0.05, 0) is 33.0 Å². The van der Waals surface area contributed by atoms with E-state index in [1.807, 2.05) is 46.3 Å². The van der Waals surface area contributed by atoms with Gasteiger partial charge in [-0.15, -0.1) is 0 Å². The maximum absolute atomic E-state index is 4.44. The molecular formula is C17H29N7. The number of likely N-dealkylation sites (N-methyl/N-ethyl adjacent to an activating group) is 1. The summed E-state index contributed by atoms with van der Waals surface area (Å²) in [6.45, 7) is 8.43. The minimum absolute atomic E-state index is 0.281. The molecule has 0 amide bonds. The molecule has 0 aromatic carbocycles. The van der Waals surface area contributed by atoms with Crippen LogP contribution in [0.4, 0.5) is 0 Å². The van der Waals surface area contributed by atoms with Gasteiger partial charge in [0.05, 0.1) is 12.1 Å². The minimum atomic E-state index is 0.281. The summed E-state index contributed by atoms with van der Waals surface area (Å²) in [4.78, 5) is 2.38. The van der Waals surface area contributed by atoms with E-state index >= 15 is 0 Å². The molecule has 3 heterocycles. The number of aromatic nitrogens is 4. The first-order chi connectivity index (χ1) is 11.6. The molecule has 1 saturated heterocycles. The van der Waals surface area contributed by atoms with Gasteiger partial charge in [-0.1, -0.05) is 0 Å². The molecule has 4 unspecified atom stereocenters. The first-order valence-electron chi connectivity index (χ1n) is 8.78. The van der Waals surface area contributed by atoms with Gasteiger partial charge in [-0.2, -0.15) is 10.2 Å². The van der Waals surface area contributed by atoms with E-state index in [1.54, 1.807) is 0 Å². The molecule has 24 heavy (non-hydrogen) atoms. The van der Waals surface area contributed by atoms with E-state index in [2.05, 4.69) is 46.6 Å². The molecule has 0 bridgehead atoms. The molecule has 7 nitrogen and oxygen atoms in total. The van der Waals surface area contributed by atoms with Gasteiger partial charge in [0.2, 0.25) is 0 Å². The third-order valence-electron chi connectivity index (χ3n) is 5.02. The molecule has 0 radical (unpaired) electrons. The molecular weight excluding hydrogens is 302 g/mol. The highest BCUT2D eigenvalue weighted by atomic mass is 15.3. The van der Waals surface area contributed by atoms with Gasteiger partial charge in [0.1, 0.15) is 0 Å². The molecule has 2 aromatic heterocycles. The Kier molecular flexibility index (Phi) is 5.65. The lowest BCUT2D eigenvalue weighted by Crippen LogP contribution is -2.52.